The van der Waals surface area contributed by atoms with Crippen molar-refractivity contribution in [2.45, 2.75) is 13.0 Å². The lowest BCUT2D eigenvalue weighted by Gasteiger charge is -2.19. The van der Waals surface area contributed by atoms with Crippen molar-refractivity contribution in [3.05, 3.63) is 59.9 Å². The van der Waals surface area contributed by atoms with Crippen molar-refractivity contribution < 1.29 is 18.7 Å². The van der Waals surface area contributed by atoms with Crippen LogP contribution in [0.1, 0.15) is 16.2 Å². The first-order valence-electron chi connectivity index (χ1n) is 9.40. The van der Waals surface area contributed by atoms with E-state index in [2.05, 4.69) is 29.5 Å². The Balaban J connectivity index is 1.58. The molecule has 8 nitrogen and oxygen atoms in total. The first kappa shape index (κ1) is 20.8. The number of aromatic nitrogens is 3. The van der Waals surface area contributed by atoms with E-state index in [1.807, 2.05) is 0 Å². The van der Waals surface area contributed by atoms with E-state index in [0.29, 0.717) is 33.7 Å². The third-order valence-electron chi connectivity index (χ3n) is 4.86. The molecule has 0 aliphatic carbocycles. The van der Waals surface area contributed by atoms with Crippen LogP contribution in [0.25, 0.3) is 11.3 Å². The SMILES string of the molecule is Cc1cnc(C(=O)N[C@H]2COc3cccnc3N(C)C2=O)nc1-c1ccc(P)c(F)c1. The Morgan fingerprint density at radius 1 is 1.32 bits per heavy atom. The Kier molecular flexibility index (Phi) is 5.61. The molecule has 1 unspecified atom stereocenters. The number of carbonyl (C=O) groups excluding carboxylic acids is 2. The van der Waals surface area contributed by atoms with Crippen LogP contribution in [0.5, 0.6) is 5.75 Å². The maximum atomic E-state index is 14.0. The zero-order valence-electron chi connectivity index (χ0n) is 16.8. The molecule has 3 aromatic rings. The van der Waals surface area contributed by atoms with Crippen molar-refractivity contribution in [3.63, 3.8) is 0 Å². The second-order valence-corrected chi connectivity index (χ2v) is 7.64. The van der Waals surface area contributed by atoms with E-state index in [-0.39, 0.29) is 18.3 Å². The number of anilines is 1. The lowest BCUT2D eigenvalue weighted by atomic mass is 10.1. The largest absolute Gasteiger partial charge is 0.487 e. The van der Waals surface area contributed by atoms with Crippen LogP contribution in [0.3, 0.4) is 0 Å². The van der Waals surface area contributed by atoms with Crippen molar-refractivity contribution in [1.29, 1.82) is 0 Å². The van der Waals surface area contributed by atoms with Crippen LogP contribution >= 0.6 is 9.24 Å². The van der Waals surface area contributed by atoms with Gasteiger partial charge in [-0.1, -0.05) is 12.1 Å². The molecule has 1 aromatic carbocycles. The number of nitrogens with zero attached hydrogens (tertiary/aromatic N) is 4. The predicted molar refractivity (Wildman–Crippen MR) is 116 cm³/mol. The van der Waals surface area contributed by atoms with Crippen LogP contribution < -0.4 is 20.3 Å². The summed E-state index contributed by atoms with van der Waals surface area (Å²) in [5.74, 6) is -0.730. The summed E-state index contributed by atoms with van der Waals surface area (Å²) in [6.07, 6.45) is 3.04. The number of aryl methyl sites for hydroxylation is 1. The van der Waals surface area contributed by atoms with Gasteiger partial charge in [0.15, 0.2) is 11.6 Å². The average Bonchev–Trinajstić information content (AvgIpc) is 2.88. The Hall–Kier alpha value is -3.45. The normalized spacial score (nSPS) is 15.7. The molecule has 0 saturated carbocycles. The highest BCUT2D eigenvalue weighted by Gasteiger charge is 2.32. The minimum Gasteiger partial charge on any atom is -0.487 e. The summed E-state index contributed by atoms with van der Waals surface area (Å²) >= 11 is 0. The summed E-state index contributed by atoms with van der Waals surface area (Å²) in [7, 11) is 3.87. The Bertz CT molecular complexity index is 1190. The van der Waals surface area contributed by atoms with Crippen LogP contribution in [-0.2, 0) is 4.79 Å². The van der Waals surface area contributed by atoms with Crippen molar-refractivity contribution >= 4 is 32.2 Å². The molecule has 10 heteroatoms. The number of halogens is 1. The highest BCUT2D eigenvalue weighted by molar-refractivity contribution is 7.27. The molecule has 3 heterocycles. The molecule has 0 saturated heterocycles. The monoisotopic (exact) mass is 439 g/mol. The molecule has 158 valence electrons. The number of pyridine rings is 1. The van der Waals surface area contributed by atoms with Gasteiger partial charge < -0.3 is 10.1 Å². The quantitative estimate of drug-likeness (QED) is 0.624. The highest BCUT2D eigenvalue weighted by Crippen LogP contribution is 2.27. The van der Waals surface area contributed by atoms with Crippen LogP contribution in [0.2, 0.25) is 0 Å². The molecule has 0 fully saturated rings. The maximum Gasteiger partial charge on any atom is 0.289 e. The van der Waals surface area contributed by atoms with Gasteiger partial charge in [-0.15, -0.1) is 9.24 Å². The number of rotatable bonds is 3. The Morgan fingerprint density at radius 3 is 2.90 bits per heavy atom. The van der Waals surface area contributed by atoms with Gasteiger partial charge in [-0.2, -0.15) is 0 Å². The van der Waals surface area contributed by atoms with Crippen molar-refractivity contribution in [2.75, 3.05) is 18.6 Å². The molecule has 2 aromatic heterocycles. The molecule has 4 rings (SSSR count). The standard InChI is InChI=1S/C21H19FN5O3P/c1-11-9-24-18(26-17(11)12-5-6-16(31)13(22)8-12)20(28)25-14-10-30-15-4-3-7-23-19(15)27(2)21(14)29/h3-9,14H,10,31H2,1-2H3,(H,25,28)/t14-/m0/s1. The van der Waals surface area contributed by atoms with Gasteiger partial charge in [0.25, 0.3) is 11.8 Å². The fourth-order valence-corrected chi connectivity index (χ4v) is 3.35. The van der Waals surface area contributed by atoms with Gasteiger partial charge in [-0.05, 0) is 30.7 Å². The maximum absolute atomic E-state index is 14.0. The molecule has 0 spiro atoms. The van der Waals surface area contributed by atoms with Crippen LogP contribution in [0.15, 0.2) is 42.7 Å². The number of benzene rings is 1. The Labute approximate surface area is 180 Å². The second kappa shape index (κ2) is 8.35. The topological polar surface area (TPSA) is 97.3 Å². The molecule has 0 radical (unpaired) electrons. The molecule has 2 amide bonds. The Morgan fingerprint density at radius 2 is 2.13 bits per heavy atom. The van der Waals surface area contributed by atoms with E-state index in [0.717, 1.165) is 0 Å². The zero-order chi connectivity index (χ0) is 22.1. The summed E-state index contributed by atoms with van der Waals surface area (Å²) < 4.78 is 19.6. The molecule has 1 aliphatic heterocycles. The first-order chi connectivity index (χ1) is 14.8. The number of ether oxygens (including phenoxy) is 1. The van der Waals surface area contributed by atoms with Crippen LogP contribution in [-0.4, -0.2) is 46.5 Å². The lowest BCUT2D eigenvalue weighted by Crippen LogP contribution is -2.49. The minimum atomic E-state index is -0.950. The smallest absolute Gasteiger partial charge is 0.289 e. The van der Waals surface area contributed by atoms with E-state index >= 15 is 0 Å². The number of likely N-dealkylation sites (N-methyl/N-ethyl adjacent to an activating group) is 1. The van der Waals surface area contributed by atoms with Gasteiger partial charge in [-0.3, -0.25) is 14.5 Å². The fraction of sp³-hybridized carbons (Fsp3) is 0.190. The lowest BCUT2D eigenvalue weighted by molar-refractivity contribution is -0.120. The van der Waals surface area contributed by atoms with Gasteiger partial charge in [-0.25, -0.2) is 19.3 Å². The minimum absolute atomic E-state index is 0.0623. The number of fused-ring (bicyclic) bond motifs is 1. The van der Waals surface area contributed by atoms with E-state index < -0.39 is 17.8 Å². The van der Waals surface area contributed by atoms with Gasteiger partial charge in [0.2, 0.25) is 5.82 Å². The van der Waals surface area contributed by atoms with Gasteiger partial charge in [0.1, 0.15) is 18.5 Å². The molecule has 2 atom stereocenters. The predicted octanol–water partition coefficient (Wildman–Crippen LogP) is 1.64. The van der Waals surface area contributed by atoms with Gasteiger partial charge in [0, 0.05) is 30.3 Å². The summed E-state index contributed by atoms with van der Waals surface area (Å²) in [5, 5.41) is 3.05. The van der Waals surface area contributed by atoms with E-state index in [4.69, 9.17) is 4.74 Å². The molecule has 31 heavy (non-hydrogen) atoms. The van der Waals surface area contributed by atoms with Gasteiger partial charge >= 0.3 is 0 Å². The summed E-state index contributed by atoms with van der Waals surface area (Å²) in [4.78, 5) is 39.5. The van der Waals surface area contributed by atoms with Crippen LogP contribution in [0.4, 0.5) is 10.2 Å². The molecular formula is C21H19FN5O3P. The van der Waals surface area contributed by atoms with E-state index in [9.17, 15) is 14.0 Å². The third kappa shape index (κ3) is 4.09. The average molecular weight is 439 g/mol. The second-order valence-electron chi connectivity index (χ2n) is 7.02. The number of amides is 2. The van der Waals surface area contributed by atoms with Gasteiger partial charge in [0.05, 0.1) is 5.69 Å². The zero-order valence-corrected chi connectivity index (χ0v) is 17.9. The number of carbonyl (C=O) groups is 2. The summed E-state index contributed by atoms with van der Waals surface area (Å²) in [5.41, 5.74) is 1.64. The molecular weight excluding hydrogens is 420 g/mol. The van der Waals surface area contributed by atoms with E-state index in [1.165, 1.54) is 17.2 Å². The van der Waals surface area contributed by atoms with Crippen LogP contribution in [0, 0.1) is 12.7 Å². The molecule has 1 aliphatic rings. The van der Waals surface area contributed by atoms with Crippen molar-refractivity contribution in [2.24, 2.45) is 0 Å². The number of nitrogens with one attached hydrogen (secondary N) is 1. The van der Waals surface area contributed by atoms with Crippen molar-refractivity contribution in [3.8, 4) is 17.0 Å². The third-order valence-corrected chi connectivity index (χ3v) is 5.32. The fourth-order valence-electron chi connectivity index (χ4n) is 3.17. The van der Waals surface area contributed by atoms with Crippen molar-refractivity contribution in [1.82, 2.24) is 20.3 Å². The summed E-state index contributed by atoms with van der Waals surface area (Å²) in [6, 6.07) is 7.12. The first-order valence-corrected chi connectivity index (χ1v) is 9.98. The molecule has 0 bridgehead atoms. The number of hydrogen-bond acceptors (Lipinski definition) is 6. The number of hydrogen-bond donors (Lipinski definition) is 1. The summed E-state index contributed by atoms with van der Waals surface area (Å²) in [6.45, 7) is 1.71. The highest BCUT2D eigenvalue weighted by atomic mass is 31.0. The molecule has 1 N–H and O–H groups in total. The van der Waals surface area contributed by atoms with E-state index in [1.54, 1.807) is 44.4 Å².